The summed E-state index contributed by atoms with van der Waals surface area (Å²) in [5.41, 5.74) is 1.24. The molecule has 0 aliphatic carbocycles. The fourth-order valence-corrected chi connectivity index (χ4v) is 4.26. The summed E-state index contributed by atoms with van der Waals surface area (Å²) < 4.78 is 16.5. The van der Waals surface area contributed by atoms with Crippen molar-refractivity contribution in [1.29, 1.82) is 0 Å². The molecular weight excluding hydrogens is 366 g/mol. The molecule has 5 heteroatoms. The Balaban J connectivity index is 2.21. The maximum absolute atomic E-state index is 12.4. The van der Waals surface area contributed by atoms with Crippen LogP contribution >= 0.6 is 27.3 Å². The van der Waals surface area contributed by atoms with E-state index in [1.165, 1.54) is 10.4 Å². The Bertz CT molecular complexity index is 604. The van der Waals surface area contributed by atoms with Gasteiger partial charge in [0.15, 0.2) is 0 Å². The molecule has 1 heterocycles. The SMILES string of the molecule is CC(C)(C)[S@](=O)N[C@H](Cc1ccccc1)c1cc(Br)cs1. The van der Waals surface area contributed by atoms with E-state index in [-0.39, 0.29) is 10.8 Å². The third kappa shape index (κ3) is 5.02. The number of thiophene rings is 1. The summed E-state index contributed by atoms with van der Waals surface area (Å²) >= 11 is 5.18. The van der Waals surface area contributed by atoms with E-state index in [2.05, 4.69) is 44.2 Å². The van der Waals surface area contributed by atoms with Gasteiger partial charge >= 0.3 is 0 Å². The molecule has 0 unspecified atom stereocenters. The number of hydrogen-bond acceptors (Lipinski definition) is 2. The van der Waals surface area contributed by atoms with Crippen LogP contribution in [-0.2, 0) is 17.4 Å². The molecule has 1 aromatic carbocycles. The van der Waals surface area contributed by atoms with E-state index >= 15 is 0 Å². The summed E-state index contributed by atoms with van der Waals surface area (Å²) in [6.07, 6.45) is 0.829. The predicted octanol–water partition coefficient (Wildman–Crippen LogP) is 4.85. The minimum Gasteiger partial charge on any atom is -0.242 e. The summed E-state index contributed by atoms with van der Waals surface area (Å²) in [6, 6.07) is 12.5. The molecule has 21 heavy (non-hydrogen) atoms. The van der Waals surface area contributed by atoms with E-state index in [9.17, 15) is 4.21 Å². The molecule has 0 bridgehead atoms. The Morgan fingerprint density at radius 3 is 2.48 bits per heavy atom. The Kier molecular flexibility index (Phi) is 5.77. The van der Waals surface area contributed by atoms with Gasteiger partial charge in [0.1, 0.15) is 0 Å². The lowest BCUT2D eigenvalue weighted by atomic mass is 10.1. The Hall–Kier alpha value is -0.490. The van der Waals surface area contributed by atoms with Gasteiger partial charge in [-0.05, 0) is 54.8 Å². The summed E-state index contributed by atoms with van der Waals surface area (Å²) in [5.74, 6) is 0. The van der Waals surface area contributed by atoms with E-state index in [0.29, 0.717) is 0 Å². The molecule has 0 saturated heterocycles. The molecule has 0 amide bonds. The van der Waals surface area contributed by atoms with Crippen LogP contribution in [0.15, 0.2) is 46.3 Å². The van der Waals surface area contributed by atoms with Gasteiger partial charge in [0.25, 0.3) is 0 Å². The van der Waals surface area contributed by atoms with Crippen LogP contribution in [0.1, 0.15) is 37.3 Å². The molecule has 0 spiro atoms. The summed E-state index contributed by atoms with van der Waals surface area (Å²) in [5, 5.41) is 2.06. The molecule has 1 aromatic heterocycles. The second kappa shape index (κ2) is 7.18. The van der Waals surface area contributed by atoms with Crippen LogP contribution in [-0.4, -0.2) is 8.96 Å². The van der Waals surface area contributed by atoms with Gasteiger partial charge in [-0.2, -0.15) is 0 Å². The van der Waals surface area contributed by atoms with Crippen molar-refractivity contribution in [2.45, 2.75) is 38.0 Å². The normalized spacial score (nSPS) is 14.9. The molecule has 0 saturated carbocycles. The predicted molar refractivity (Wildman–Crippen MR) is 95.9 cm³/mol. The molecule has 2 aromatic rings. The molecule has 0 aliphatic rings. The van der Waals surface area contributed by atoms with Crippen molar-refractivity contribution >= 4 is 38.3 Å². The summed E-state index contributed by atoms with van der Waals surface area (Å²) in [4.78, 5) is 1.20. The molecule has 1 N–H and O–H groups in total. The van der Waals surface area contributed by atoms with E-state index < -0.39 is 11.0 Å². The minimum atomic E-state index is -1.09. The first-order valence-corrected chi connectivity index (χ1v) is 9.64. The van der Waals surface area contributed by atoms with E-state index in [1.54, 1.807) is 11.3 Å². The van der Waals surface area contributed by atoms with Crippen molar-refractivity contribution in [3.05, 3.63) is 56.7 Å². The Labute approximate surface area is 141 Å². The first-order valence-electron chi connectivity index (χ1n) is 6.82. The first-order chi connectivity index (χ1) is 9.86. The van der Waals surface area contributed by atoms with Gasteiger partial charge in [0.05, 0.1) is 21.8 Å². The second-order valence-electron chi connectivity index (χ2n) is 5.91. The molecule has 2 rings (SSSR count). The highest BCUT2D eigenvalue weighted by Gasteiger charge is 2.24. The standard InChI is InChI=1S/C16H20BrNOS2/c1-16(2,3)21(19)18-14(15-10-13(17)11-20-15)9-12-7-5-4-6-8-12/h4-8,10-11,14,18H,9H2,1-3H3/t14-,21+/m1/s1. The second-order valence-corrected chi connectivity index (χ2v) is 9.76. The summed E-state index contributed by atoms with van der Waals surface area (Å²) in [7, 11) is -1.09. The maximum atomic E-state index is 12.4. The highest BCUT2D eigenvalue weighted by Crippen LogP contribution is 2.29. The van der Waals surface area contributed by atoms with Crippen molar-refractivity contribution in [1.82, 2.24) is 4.72 Å². The van der Waals surface area contributed by atoms with Crippen molar-refractivity contribution in [2.24, 2.45) is 0 Å². The molecule has 2 nitrogen and oxygen atoms in total. The monoisotopic (exact) mass is 385 g/mol. The molecule has 114 valence electrons. The third-order valence-corrected chi connectivity index (χ3v) is 6.44. The average Bonchev–Trinajstić information content (AvgIpc) is 2.84. The minimum absolute atomic E-state index is 0.0590. The molecule has 0 radical (unpaired) electrons. The van der Waals surface area contributed by atoms with Crippen molar-refractivity contribution < 1.29 is 4.21 Å². The van der Waals surface area contributed by atoms with Crippen LogP contribution in [0.4, 0.5) is 0 Å². The van der Waals surface area contributed by atoms with Crippen molar-refractivity contribution in [3.8, 4) is 0 Å². The average molecular weight is 386 g/mol. The van der Waals surface area contributed by atoms with E-state index in [4.69, 9.17) is 0 Å². The lowest BCUT2D eigenvalue weighted by Gasteiger charge is -2.23. The largest absolute Gasteiger partial charge is 0.242 e. The number of nitrogens with one attached hydrogen (secondary N) is 1. The Morgan fingerprint density at radius 1 is 1.29 bits per heavy atom. The number of halogens is 1. The lowest BCUT2D eigenvalue weighted by molar-refractivity contribution is 0.601. The number of rotatable bonds is 5. The van der Waals surface area contributed by atoms with Crippen molar-refractivity contribution in [3.63, 3.8) is 0 Å². The third-order valence-electron chi connectivity index (χ3n) is 3.02. The van der Waals surface area contributed by atoms with Gasteiger partial charge in [0.2, 0.25) is 0 Å². The van der Waals surface area contributed by atoms with Gasteiger partial charge in [-0.25, -0.2) is 8.93 Å². The summed E-state index contributed by atoms with van der Waals surface area (Å²) in [6.45, 7) is 5.96. The fraction of sp³-hybridized carbons (Fsp3) is 0.375. The number of benzene rings is 1. The topological polar surface area (TPSA) is 29.1 Å². The molecule has 0 fully saturated rings. The van der Waals surface area contributed by atoms with Crippen LogP contribution < -0.4 is 4.72 Å². The van der Waals surface area contributed by atoms with Gasteiger partial charge < -0.3 is 0 Å². The highest BCUT2D eigenvalue weighted by atomic mass is 79.9. The lowest BCUT2D eigenvalue weighted by Crippen LogP contribution is -2.36. The maximum Gasteiger partial charge on any atom is 0.0976 e. The zero-order chi connectivity index (χ0) is 15.5. The smallest absolute Gasteiger partial charge is 0.0976 e. The van der Waals surface area contributed by atoms with Gasteiger partial charge in [-0.1, -0.05) is 30.3 Å². The quantitative estimate of drug-likeness (QED) is 0.782. The van der Waals surface area contributed by atoms with Crippen LogP contribution in [0.5, 0.6) is 0 Å². The van der Waals surface area contributed by atoms with Gasteiger partial charge in [-0.3, -0.25) is 0 Å². The first kappa shape index (κ1) is 16.9. The van der Waals surface area contributed by atoms with Gasteiger partial charge in [0, 0.05) is 14.7 Å². The molecule has 2 atom stereocenters. The van der Waals surface area contributed by atoms with Gasteiger partial charge in [-0.15, -0.1) is 11.3 Å². The number of hydrogen-bond donors (Lipinski definition) is 1. The molecular formula is C16H20BrNOS2. The van der Waals surface area contributed by atoms with Crippen LogP contribution in [0.2, 0.25) is 0 Å². The van der Waals surface area contributed by atoms with Crippen LogP contribution in [0, 0.1) is 0 Å². The van der Waals surface area contributed by atoms with E-state index in [0.717, 1.165) is 10.9 Å². The molecule has 0 aliphatic heterocycles. The van der Waals surface area contributed by atoms with Crippen molar-refractivity contribution in [2.75, 3.05) is 0 Å². The zero-order valence-electron chi connectivity index (χ0n) is 12.4. The van der Waals surface area contributed by atoms with E-state index in [1.807, 2.05) is 39.0 Å². The fourth-order valence-electron chi connectivity index (χ4n) is 1.87. The zero-order valence-corrected chi connectivity index (χ0v) is 15.6. The van der Waals surface area contributed by atoms with Crippen LogP contribution in [0.3, 0.4) is 0 Å². The Morgan fingerprint density at radius 2 is 1.95 bits per heavy atom. The van der Waals surface area contributed by atoms with Crippen LogP contribution in [0.25, 0.3) is 0 Å². The highest BCUT2D eigenvalue weighted by molar-refractivity contribution is 9.10.